The molecule has 0 radical (unpaired) electrons. The van der Waals surface area contributed by atoms with E-state index in [-0.39, 0.29) is 11.3 Å². The highest BCUT2D eigenvalue weighted by atomic mass is 19.4. The number of halogens is 4. The van der Waals surface area contributed by atoms with Gasteiger partial charge in [0.2, 0.25) is 0 Å². The molecule has 2 atom stereocenters. The molecule has 0 fully saturated rings. The smallest absolute Gasteiger partial charge is 0.412 e. The van der Waals surface area contributed by atoms with Gasteiger partial charge >= 0.3 is 6.18 Å². The van der Waals surface area contributed by atoms with Crippen LogP contribution in [0.2, 0.25) is 0 Å². The number of rotatable bonds is 5. The first-order chi connectivity index (χ1) is 11.3. The summed E-state index contributed by atoms with van der Waals surface area (Å²) in [5.41, 5.74) is -0.0868. The number of benzene rings is 2. The van der Waals surface area contributed by atoms with Gasteiger partial charge in [0.1, 0.15) is 11.6 Å². The van der Waals surface area contributed by atoms with Crippen molar-refractivity contribution in [2.45, 2.75) is 25.2 Å². The largest absolute Gasteiger partial charge is 0.481 e. The molecule has 0 aromatic heterocycles. The molecule has 128 valence electrons. The molecule has 1 amide bonds. The third-order valence-electron chi connectivity index (χ3n) is 3.22. The maximum absolute atomic E-state index is 13.2. The Kier molecular flexibility index (Phi) is 5.43. The molecule has 24 heavy (non-hydrogen) atoms. The third kappa shape index (κ3) is 4.71. The van der Waals surface area contributed by atoms with Gasteiger partial charge in [-0.2, -0.15) is 13.2 Å². The lowest BCUT2D eigenvalue weighted by Gasteiger charge is -2.24. The number of hydrogen-bond acceptors (Lipinski definition) is 2. The molecule has 0 aliphatic heterocycles. The normalized spacial score (nSPS) is 13.9. The summed E-state index contributed by atoms with van der Waals surface area (Å²) in [5, 5.41) is 1.93. The van der Waals surface area contributed by atoms with E-state index in [1.807, 2.05) is 5.32 Å². The minimum absolute atomic E-state index is 0.0564. The van der Waals surface area contributed by atoms with Crippen molar-refractivity contribution in [3.63, 3.8) is 0 Å². The first-order valence-electron chi connectivity index (χ1n) is 7.11. The molecule has 2 rings (SSSR count). The summed E-state index contributed by atoms with van der Waals surface area (Å²) in [5.74, 6) is -1.47. The molecule has 0 spiro atoms. The fourth-order valence-electron chi connectivity index (χ4n) is 2.06. The number of alkyl halides is 3. The lowest BCUT2D eigenvalue weighted by Crippen LogP contribution is -2.43. The molecular weight excluding hydrogens is 326 g/mol. The quantitative estimate of drug-likeness (QED) is 0.835. The highest BCUT2D eigenvalue weighted by Crippen LogP contribution is 2.32. The van der Waals surface area contributed by atoms with Gasteiger partial charge in [0, 0.05) is 6.07 Å². The van der Waals surface area contributed by atoms with Crippen LogP contribution >= 0.6 is 0 Å². The summed E-state index contributed by atoms with van der Waals surface area (Å²) in [6.07, 6.45) is -5.88. The number of carbonyl (C=O) groups excluding carboxylic acids is 1. The van der Waals surface area contributed by atoms with Crippen LogP contribution in [-0.4, -0.2) is 18.2 Å². The number of hydrogen-bond donors (Lipinski definition) is 1. The standard InChI is InChI=1S/C17H15F4NO2/c1-11(24-14-9-5-8-13(18)10-14)16(23)22-15(17(19,20)21)12-6-3-2-4-7-12/h2-11,15H,1H3,(H,22,23). The van der Waals surface area contributed by atoms with Crippen LogP contribution in [0.5, 0.6) is 5.75 Å². The molecule has 2 aromatic rings. The third-order valence-corrected chi connectivity index (χ3v) is 3.22. The van der Waals surface area contributed by atoms with E-state index in [1.165, 1.54) is 49.4 Å². The van der Waals surface area contributed by atoms with Gasteiger partial charge < -0.3 is 10.1 Å². The number of nitrogens with one attached hydrogen (secondary N) is 1. The molecule has 7 heteroatoms. The minimum atomic E-state index is -4.66. The average molecular weight is 341 g/mol. The summed E-state index contributed by atoms with van der Waals surface area (Å²) in [6.45, 7) is 1.29. The Morgan fingerprint density at radius 2 is 1.75 bits per heavy atom. The molecule has 3 nitrogen and oxygen atoms in total. The van der Waals surface area contributed by atoms with E-state index >= 15 is 0 Å². The van der Waals surface area contributed by atoms with Gasteiger partial charge in [0.05, 0.1) is 0 Å². The molecule has 0 saturated heterocycles. The summed E-state index contributed by atoms with van der Waals surface area (Å²) in [6, 6.07) is 9.89. The van der Waals surface area contributed by atoms with Gasteiger partial charge in [-0.25, -0.2) is 4.39 Å². The van der Waals surface area contributed by atoms with Crippen LogP contribution in [0, 0.1) is 5.82 Å². The van der Waals surface area contributed by atoms with E-state index in [0.717, 1.165) is 6.07 Å². The second-order valence-electron chi connectivity index (χ2n) is 5.11. The van der Waals surface area contributed by atoms with E-state index in [2.05, 4.69) is 0 Å². The summed E-state index contributed by atoms with van der Waals surface area (Å²) >= 11 is 0. The van der Waals surface area contributed by atoms with E-state index in [4.69, 9.17) is 4.74 Å². The van der Waals surface area contributed by atoms with Gasteiger partial charge in [0.25, 0.3) is 5.91 Å². The van der Waals surface area contributed by atoms with Gasteiger partial charge in [-0.15, -0.1) is 0 Å². The SMILES string of the molecule is CC(Oc1cccc(F)c1)C(=O)NC(c1ccccc1)C(F)(F)F. The van der Waals surface area contributed by atoms with Crippen LogP contribution < -0.4 is 10.1 Å². The monoisotopic (exact) mass is 341 g/mol. The topological polar surface area (TPSA) is 38.3 Å². The maximum atomic E-state index is 13.2. The van der Waals surface area contributed by atoms with E-state index in [9.17, 15) is 22.4 Å². The van der Waals surface area contributed by atoms with Crippen LogP contribution in [0.4, 0.5) is 17.6 Å². The Balaban J connectivity index is 2.10. The highest BCUT2D eigenvalue weighted by molar-refractivity contribution is 5.81. The van der Waals surface area contributed by atoms with Crippen molar-refractivity contribution in [3.05, 3.63) is 66.0 Å². The molecule has 2 aromatic carbocycles. The predicted octanol–water partition coefficient (Wildman–Crippen LogP) is 4.01. The lowest BCUT2D eigenvalue weighted by atomic mass is 10.1. The fourth-order valence-corrected chi connectivity index (χ4v) is 2.06. The summed E-state index contributed by atoms with van der Waals surface area (Å²) < 4.78 is 57.9. The number of ether oxygens (including phenoxy) is 1. The average Bonchev–Trinajstić information content (AvgIpc) is 2.52. The second kappa shape index (κ2) is 7.33. The molecule has 0 aliphatic rings. The highest BCUT2D eigenvalue weighted by Gasteiger charge is 2.42. The van der Waals surface area contributed by atoms with Crippen molar-refractivity contribution in [1.29, 1.82) is 0 Å². The van der Waals surface area contributed by atoms with Gasteiger partial charge in [-0.1, -0.05) is 36.4 Å². The second-order valence-corrected chi connectivity index (χ2v) is 5.11. The summed E-state index contributed by atoms with van der Waals surface area (Å²) in [7, 11) is 0. The molecule has 0 aliphatic carbocycles. The molecular formula is C17H15F4NO2. The van der Waals surface area contributed by atoms with Crippen molar-refractivity contribution < 1.29 is 27.1 Å². The zero-order chi connectivity index (χ0) is 17.7. The minimum Gasteiger partial charge on any atom is -0.481 e. The Bertz CT molecular complexity index is 688. The molecule has 0 bridgehead atoms. The van der Waals surface area contributed by atoms with Crippen LogP contribution in [0.15, 0.2) is 54.6 Å². The first-order valence-corrected chi connectivity index (χ1v) is 7.11. The van der Waals surface area contributed by atoms with E-state index in [1.54, 1.807) is 6.07 Å². The zero-order valence-corrected chi connectivity index (χ0v) is 12.7. The van der Waals surface area contributed by atoms with Crippen molar-refractivity contribution in [2.24, 2.45) is 0 Å². The zero-order valence-electron chi connectivity index (χ0n) is 12.7. The van der Waals surface area contributed by atoms with Gasteiger partial charge in [-0.3, -0.25) is 4.79 Å². The van der Waals surface area contributed by atoms with E-state index < -0.39 is 30.0 Å². The summed E-state index contributed by atoms with van der Waals surface area (Å²) in [4.78, 5) is 12.0. The maximum Gasteiger partial charge on any atom is 0.412 e. The van der Waals surface area contributed by atoms with Crippen LogP contribution in [0.3, 0.4) is 0 Å². The van der Waals surface area contributed by atoms with Crippen LogP contribution in [0.25, 0.3) is 0 Å². The Hall–Kier alpha value is -2.57. The van der Waals surface area contributed by atoms with Crippen molar-refractivity contribution in [2.75, 3.05) is 0 Å². The van der Waals surface area contributed by atoms with Crippen LogP contribution in [-0.2, 0) is 4.79 Å². The van der Waals surface area contributed by atoms with E-state index in [0.29, 0.717) is 0 Å². The number of carbonyl (C=O) groups is 1. The van der Waals surface area contributed by atoms with Gasteiger partial charge in [0.15, 0.2) is 12.1 Å². The molecule has 0 heterocycles. The Morgan fingerprint density at radius 1 is 1.08 bits per heavy atom. The fraction of sp³-hybridized carbons (Fsp3) is 0.235. The van der Waals surface area contributed by atoms with Crippen molar-refractivity contribution >= 4 is 5.91 Å². The lowest BCUT2D eigenvalue weighted by molar-refractivity contribution is -0.165. The first kappa shape index (κ1) is 17.8. The number of amides is 1. The van der Waals surface area contributed by atoms with Gasteiger partial charge in [-0.05, 0) is 24.6 Å². The van der Waals surface area contributed by atoms with Crippen molar-refractivity contribution in [1.82, 2.24) is 5.32 Å². The molecule has 0 saturated carbocycles. The van der Waals surface area contributed by atoms with Crippen LogP contribution in [0.1, 0.15) is 18.5 Å². The Labute approximate surface area is 136 Å². The predicted molar refractivity (Wildman–Crippen MR) is 79.9 cm³/mol. The molecule has 2 unspecified atom stereocenters. The molecule has 1 N–H and O–H groups in total. The Morgan fingerprint density at radius 3 is 2.33 bits per heavy atom. The van der Waals surface area contributed by atoms with Crippen molar-refractivity contribution in [3.8, 4) is 5.75 Å².